The first-order valence-electron chi connectivity index (χ1n) is 9.56. The first kappa shape index (κ1) is 12.6. The molecule has 5 rings (SSSR count). The van der Waals surface area contributed by atoms with Gasteiger partial charge in [-0.1, -0.05) is 32.4 Å². The van der Waals surface area contributed by atoms with Gasteiger partial charge in [-0.15, -0.1) is 0 Å². The van der Waals surface area contributed by atoms with Crippen molar-refractivity contribution in [1.29, 1.82) is 0 Å². The molecule has 1 spiro atoms. The Balaban J connectivity index is 1.47. The maximum Gasteiger partial charge on any atom is 0.110 e. The van der Waals surface area contributed by atoms with Crippen LogP contribution in [0.15, 0.2) is 0 Å². The van der Waals surface area contributed by atoms with Crippen molar-refractivity contribution in [2.75, 3.05) is 0 Å². The fourth-order valence-electron chi connectivity index (χ4n) is 8.42. The molecule has 5 saturated carbocycles. The highest BCUT2D eigenvalue weighted by atomic mass is 14.8. The third-order valence-corrected chi connectivity index (χ3v) is 8.96. The lowest BCUT2D eigenvalue weighted by Crippen LogP contribution is -2.44. The second-order valence-corrected chi connectivity index (χ2v) is 9.14. The van der Waals surface area contributed by atoms with Crippen molar-refractivity contribution in [3.05, 3.63) is 0 Å². The number of rotatable bonds is 1. The summed E-state index contributed by atoms with van der Waals surface area (Å²) >= 11 is 0. The molecule has 0 bridgehead atoms. The molecule has 0 amide bonds. The Hall–Kier alpha value is 0.0649. The smallest absolute Gasteiger partial charge is 0.0917 e. The molecule has 0 aromatic rings. The lowest BCUT2D eigenvalue weighted by molar-refractivity contribution is -0.0206. The summed E-state index contributed by atoms with van der Waals surface area (Å²) in [6.07, 6.45) is 12.7. The summed E-state index contributed by atoms with van der Waals surface area (Å²) in [5.74, 6) is 8.78. The van der Waals surface area contributed by atoms with Gasteiger partial charge in [0.25, 0.3) is 0 Å². The Bertz CT molecular complexity index is 418. The highest BCUT2D eigenvalue weighted by Crippen LogP contribution is 2.80. The van der Waals surface area contributed by atoms with Gasteiger partial charge < -0.3 is 0 Å². The van der Waals surface area contributed by atoms with Gasteiger partial charge in [-0.2, -0.15) is 0 Å². The van der Waals surface area contributed by atoms with E-state index >= 15 is 0 Å². The van der Waals surface area contributed by atoms with Crippen LogP contribution in [0.3, 0.4) is 0 Å². The van der Waals surface area contributed by atoms with Crippen molar-refractivity contribution < 1.29 is 0 Å². The van der Waals surface area contributed by atoms with Crippen LogP contribution in [0.5, 0.6) is 0 Å². The van der Waals surface area contributed by atoms with E-state index in [1.54, 1.807) is 51.4 Å². The molecular weight excluding hydrogens is 239 g/mol. The van der Waals surface area contributed by atoms with E-state index in [0.717, 1.165) is 52.7 Å². The summed E-state index contributed by atoms with van der Waals surface area (Å²) in [4.78, 5) is 0. The first-order valence-corrected chi connectivity index (χ1v) is 9.56. The van der Waals surface area contributed by atoms with Gasteiger partial charge >= 0.3 is 0 Å². The molecule has 9 atom stereocenters. The van der Waals surface area contributed by atoms with Gasteiger partial charge in [0.15, 0.2) is 0 Å². The standard InChI is InChI=1S/C19H30B/c1-11-17-15-7-6-12-4-3-5-13(12)14(15)8-9-19(17)10-16(19)18(11)20-2/h11-18H,3-10H2,1-2H3. The van der Waals surface area contributed by atoms with Crippen molar-refractivity contribution in [3.63, 3.8) is 0 Å². The average molecular weight is 269 g/mol. The number of hydrogen-bond donors (Lipinski definition) is 0. The van der Waals surface area contributed by atoms with E-state index in [4.69, 9.17) is 0 Å². The molecule has 0 saturated heterocycles. The summed E-state index contributed by atoms with van der Waals surface area (Å²) in [5, 5.41) is 0. The maximum absolute atomic E-state index is 2.62. The molecule has 5 aliphatic rings. The number of hydrogen-bond acceptors (Lipinski definition) is 0. The summed E-state index contributed by atoms with van der Waals surface area (Å²) in [6.45, 7) is 4.96. The van der Waals surface area contributed by atoms with E-state index in [1.807, 2.05) is 0 Å². The lowest BCUT2D eigenvalue weighted by Gasteiger charge is -2.51. The molecule has 1 radical (unpaired) electrons. The van der Waals surface area contributed by atoms with E-state index in [-0.39, 0.29) is 0 Å². The molecule has 0 aromatic heterocycles. The molecule has 0 N–H and O–H groups in total. The van der Waals surface area contributed by atoms with E-state index in [9.17, 15) is 0 Å². The fraction of sp³-hybridized carbons (Fsp3) is 1.00. The second-order valence-electron chi connectivity index (χ2n) is 9.14. The summed E-state index contributed by atoms with van der Waals surface area (Å²) in [7, 11) is 2.58. The van der Waals surface area contributed by atoms with Gasteiger partial charge in [0.2, 0.25) is 0 Å². The Morgan fingerprint density at radius 1 is 0.950 bits per heavy atom. The first-order chi connectivity index (χ1) is 9.76. The minimum atomic E-state index is 0.850. The lowest BCUT2D eigenvalue weighted by atomic mass is 9.52. The zero-order valence-corrected chi connectivity index (χ0v) is 13.4. The van der Waals surface area contributed by atoms with Crippen molar-refractivity contribution in [2.24, 2.45) is 46.8 Å². The molecule has 0 aliphatic heterocycles. The zero-order chi connectivity index (χ0) is 13.5. The van der Waals surface area contributed by atoms with Crippen molar-refractivity contribution in [2.45, 2.75) is 70.9 Å². The van der Waals surface area contributed by atoms with Gasteiger partial charge in [0.05, 0.1) is 0 Å². The van der Waals surface area contributed by atoms with Crippen molar-refractivity contribution in [1.82, 2.24) is 0 Å². The SMILES string of the molecule is C[B]C1C(C)C2C3CCC4CCCC4C3CCC23CC13. The highest BCUT2D eigenvalue weighted by molar-refractivity contribution is 6.36. The minimum Gasteiger partial charge on any atom is -0.0917 e. The molecule has 5 fully saturated rings. The second kappa shape index (κ2) is 4.08. The van der Waals surface area contributed by atoms with Crippen molar-refractivity contribution >= 4 is 7.28 Å². The Morgan fingerprint density at radius 2 is 1.85 bits per heavy atom. The summed E-state index contributed by atoms with van der Waals surface area (Å²) in [6, 6.07) is 0. The number of fused-ring (bicyclic) bond motifs is 4. The minimum absolute atomic E-state index is 0.850. The molecule has 1 heteroatoms. The third kappa shape index (κ3) is 1.37. The van der Waals surface area contributed by atoms with E-state index in [2.05, 4.69) is 21.0 Å². The summed E-state index contributed by atoms with van der Waals surface area (Å²) < 4.78 is 0. The Labute approximate surface area is 125 Å². The fourth-order valence-corrected chi connectivity index (χ4v) is 8.42. The van der Waals surface area contributed by atoms with Gasteiger partial charge in [0, 0.05) is 0 Å². The largest absolute Gasteiger partial charge is 0.110 e. The van der Waals surface area contributed by atoms with Gasteiger partial charge in [-0.3, -0.25) is 0 Å². The highest BCUT2D eigenvalue weighted by Gasteiger charge is 2.72. The predicted molar refractivity (Wildman–Crippen MR) is 84.8 cm³/mol. The Morgan fingerprint density at radius 3 is 2.70 bits per heavy atom. The third-order valence-electron chi connectivity index (χ3n) is 8.96. The molecule has 109 valence electrons. The Kier molecular flexibility index (Phi) is 2.57. The van der Waals surface area contributed by atoms with Gasteiger partial charge in [-0.25, -0.2) is 0 Å². The van der Waals surface area contributed by atoms with Crippen LogP contribution < -0.4 is 0 Å². The predicted octanol–water partition coefficient (Wildman–Crippen LogP) is 5.04. The van der Waals surface area contributed by atoms with Crippen LogP contribution >= 0.6 is 0 Å². The van der Waals surface area contributed by atoms with Gasteiger partial charge in [0.1, 0.15) is 7.28 Å². The molecule has 5 aliphatic carbocycles. The van der Waals surface area contributed by atoms with Crippen LogP contribution in [-0.4, -0.2) is 7.28 Å². The van der Waals surface area contributed by atoms with Crippen LogP contribution in [0.2, 0.25) is 12.6 Å². The maximum atomic E-state index is 2.62. The van der Waals surface area contributed by atoms with Gasteiger partial charge in [-0.05, 0) is 85.4 Å². The summed E-state index contributed by atoms with van der Waals surface area (Å²) in [5.41, 5.74) is 0.850. The van der Waals surface area contributed by atoms with Crippen LogP contribution in [0.1, 0.15) is 58.3 Å². The van der Waals surface area contributed by atoms with Crippen LogP contribution in [0.25, 0.3) is 0 Å². The van der Waals surface area contributed by atoms with Crippen LogP contribution in [0, 0.1) is 46.8 Å². The molecule has 0 heterocycles. The molecule has 0 nitrogen and oxygen atoms in total. The van der Waals surface area contributed by atoms with E-state index in [0.29, 0.717) is 0 Å². The van der Waals surface area contributed by atoms with E-state index < -0.39 is 0 Å². The average Bonchev–Trinajstić information content (AvgIpc) is 2.86. The van der Waals surface area contributed by atoms with Crippen LogP contribution in [-0.2, 0) is 0 Å². The zero-order valence-electron chi connectivity index (χ0n) is 13.4. The van der Waals surface area contributed by atoms with Crippen LogP contribution in [0.4, 0.5) is 0 Å². The molecule has 9 unspecified atom stereocenters. The van der Waals surface area contributed by atoms with Crippen molar-refractivity contribution in [3.8, 4) is 0 Å². The normalized spacial score (nSPS) is 63.1. The topological polar surface area (TPSA) is 0 Å². The quantitative estimate of drug-likeness (QED) is 0.585. The molecular formula is C19H30B. The monoisotopic (exact) mass is 269 g/mol. The molecule has 0 aromatic carbocycles. The van der Waals surface area contributed by atoms with E-state index in [1.165, 1.54) is 0 Å². The molecule has 20 heavy (non-hydrogen) atoms.